The van der Waals surface area contributed by atoms with Crippen LogP contribution in [0, 0.1) is 117 Å². The summed E-state index contributed by atoms with van der Waals surface area (Å²) >= 11 is 0. The first-order valence-corrected chi connectivity index (χ1v) is 40.4. The van der Waals surface area contributed by atoms with Crippen LogP contribution in [0.25, 0.3) is 177 Å². The lowest BCUT2D eigenvalue weighted by atomic mass is 9.95. The molecule has 122 heavy (non-hydrogen) atoms. The van der Waals surface area contributed by atoms with Crippen molar-refractivity contribution in [2.24, 2.45) is 28.2 Å². The first-order chi connectivity index (χ1) is 58.5. The van der Waals surface area contributed by atoms with Gasteiger partial charge in [-0.15, -0.1) is 0 Å². The number of furan rings is 4. The zero-order valence-corrected chi connectivity index (χ0v) is 70.3. The summed E-state index contributed by atoms with van der Waals surface area (Å²) in [6, 6.07) is 70.5. The van der Waals surface area contributed by atoms with Crippen molar-refractivity contribution in [3.63, 3.8) is 0 Å². The van der Waals surface area contributed by atoms with E-state index in [9.17, 15) is 30.7 Å². The lowest BCUT2D eigenvalue weighted by Gasteiger charge is -2.11. The average Bonchev–Trinajstić information content (AvgIpc) is 1.58. The highest BCUT2D eigenvalue weighted by Gasteiger charge is 2.31. The normalized spacial score (nSPS) is 11.5. The van der Waals surface area contributed by atoms with Crippen LogP contribution in [0.5, 0.6) is 0 Å². The Morgan fingerprint density at radius 2 is 0.516 bits per heavy atom. The molecule has 8 nitrogen and oxygen atoms in total. The summed E-state index contributed by atoms with van der Waals surface area (Å²) in [5.74, 6) is -3.10. The first kappa shape index (κ1) is 80.4. The van der Waals surface area contributed by atoms with Crippen molar-refractivity contribution in [2.45, 2.75) is 76.2 Å². The third kappa shape index (κ3) is 14.8. The maximum Gasteiger partial charge on any atom is 0.216 e. The van der Waals surface area contributed by atoms with E-state index in [1.54, 1.807) is 18.2 Å². The Balaban J connectivity index is 0.000000116. The van der Waals surface area contributed by atoms with Crippen molar-refractivity contribution in [1.82, 2.24) is 0 Å². The molecule has 0 aliphatic carbocycles. The Hall–Kier alpha value is -14.1. The van der Waals surface area contributed by atoms with E-state index in [2.05, 4.69) is 218 Å². The van der Waals surface area contributed by atoms with Crippen molar-refractivity contribution in [1.29, 1.82) is 0 Å². The van der Waals surface area contributed by atoms with E-state index in [1.807, 2.05) is 81.4 Å². The van der Waals surface area contributed by atoms with Gasteiger partial charge in [0.1, 0.15) is 102 Å². The number of hydrogen-bond acceptors (Lipinski definition) is 4. The van der Waals surface area contributed by atoms with E-state index in [1.165, 1.54) is 88.0 Å². The van der Waals surface area contributed by atoms with Crippen molar-refractivity contribution >= 4 is 87.8 Å². The maximum atomic E-state index is 15.0. The standard InChI is InChI=1S/2C27H22F2NO.C27H23FNO.C26H20F2NO/c1-15-5-8-18(9-6-15)21-13-23(30(4)14-17(21)3)25-16(2)7-10-20-26-22(29)11-19(28)12-24(26)31-27(20)25;1-15-5-7-18(8-6-15)21-13-23(30(4)14-17(21)3)25-16(2)11-22(29)26-20-10-9-19(28)12-24(20)31-27(25)26;1-16-5-8-19(9-6-16)23-14-24(29(4)15-18(23)3)26-17(2)7-11-22-21-12-10-20(28)13-25(21)30-27(22)26;1-15-11-21(28)25-19-10-9-18(27)12-23(19)30-26(25)24(15)22-13-20(16(2)14-29(22)3)17-7-5-4-6-8-17/h2*5-14H,1-4H3;5-15H,1-4H3;4-14H,1-3H3/q4*+1. The van der Waals surface area contributed by atoms with E-state index in [4.69, 9.17) is 17.7 Å². The Morgan fingerprint density at radius 1 is 0.221 bits per heavy atom. The average molecular weight is 1630 g/mol. The van der Waals surface area contributed by atoms with Gasteiger partial charge in [0.2, 0.25) is 22.8 Å². The fraction of sp³-hybridized carbons (Fsp3) is 0.140. The van der Waals surface area contributed by atoms with Crippen LogP contribution < -0.4 is 18.3 Å². The van der Waals surface area contributed by atoms with Crippen LogP contribution in [0.15, 0.2) is 273 Å². The number of aromatic nitrogens is 4. The molecular weight excluding hydrogens is 1540 g/mol. The zero-order chi connectivity index (χ0) is 85.7. The second-order valence-corrected chi connectivity index (χ2v) is 32.3. The SMILES string of the molecule is Cc1c[n+](C)c(-c2c(C)cc(F)c3c2oc2cc(F)ccc23)cc1-c1ccccc1.Cc1ccc(-c2cc(-c3c(C)cc(F)c4c3oc3cc(F)ccc34)[n+](C)cc2C)cc1.Cc1ccc(-c2cc(-c3c(C)ccc4c3oc3cc(F)cc(F)c34)[n+](C)cc2C)cc1.Cc1ccc(-c2cc(-c3c(C)ccc4c3oc3cc(F)ccc34)[n+](C)cc2C)cc1. The minimum absolute atomic E-state index is 0.216. The van der Waals surface area contributed by atoms with Gasteiger partial charge in [-0.1, -0.05) is 144 Å². The second kappa shape index (κ2) is 31.9. The van der Waals surface area contributed by atoms with Gasteiger partial charge in [-0.25, -0.2) is 49.0 Å². The number of fused-ring (bicyclic) bond motifs is 12. The quantitative estimate of drug-likeness (QED) is 0.112. The third-order valence-corrected chi connectivity index (χ3v) is 23.5. The highest BCUT2D eigenvalue weighted by atomic mass is 19.2. The lowest BCUT2D eigenvalue weighted by molar-refractivity contribution is -0.660. The number of nitrogens with zero attached hydrogens (tertiary/aromatic N) is 4. The molecule has 0 fully saturated rings. The van der Waals surface area contributed by atoms with Crippen LogP contribution in [0.4, 0.5) is 30.7 Å². The number of hydrogen-bond donors (Lipinski definition) is 0. The third-order valence-electron chi connectivity index (χ3n) is 23.5. The van der Waals surface area contributed by atoms with Gasteiger partial charge in [-0.3, -0.25) is 0 Å². The molecule has 8 heterocycles. The molecule has 12 aromatic carbocycles. The van der Waals surface area contributed by atoms with E-state index in [0.29, 0.717) is 65.8 Å². The summed E-state index contributed by atoms with van der Waals surface area (Å²) in [6.07, 6.45) is 8.38. The van der Waals surface area contributed by atoms with Crippen LogP contribution in [-0.4, -0.2) is 0 Å². The molecule has 604 valence electrons. The van der Waals surface area contributed by atoms with Gasteiger partial charge in [0.05, 0.1) is 38.4 Å². The lowest BCUT2D eigenvalue weighted by Crippen LogP contribution is -2.31. The summed E-state index contributed by atoms with van der Waals surface area (Å²) in [5, 5.41) is 4.80. The zero-order valence-electron chi connectivity index (χ0n) is 70.3. The van der Waals surface area contributed by atoms with Gasteiger partial charge >= 0.3 is 0 Å². The molecule has 0 aliphatic heterocycles. The molecule has 20 aromatic rings. The molecule has 0 radical (unpaired) electrons. The van der Waals surface area contributed by atoms with Gasteiger partial charge in [0.15, 0.2) is 36.0 Å². The molecule has 20 rings (SSSR count). The summed E-state index contributed by atoms with van der Waals surface area (Å²) in [4.78, 5) is 0. The molecule has 0 saturated carbocycles. The summed E-state index contributed by atoms with van der Waals surface area (Å²) in [6.45, 7) is 22.4. The van der Waals surface area contributed by atoms with Gasteiger partial charge < -0.3 is 17.7 Å². The molecule has 0 N–H and O–H groups in total. The highest BCUT2D eigenvalue weighted by Crippen LogP contribution is 2.46. The number of halogens is 7. The summed E-state index contributed by atoms with van der Waals surface area (Å²) in [5.41, 5.74) is 32.1. The predicted octanol–water partition coefficient (Wildman–Crippen LogP) is 27.3. The van der Waals surface area contributed by atoms with Gasteiger partial charge in [-0.2, -0.15) is 0 Å². The molecule has 8 aromatic heterocycles. The molecule has 0 aliphatic rings. The van der Waals surface area contributed by atoms with Crippen molar-refractivity contribution in [2.75, 3.05) is 0 Å². The number of benzene rings is 12. The monoisotopic (exact) mass is 1620 g/mol. The number of rotatable bonds is 8. The highest BCUT2D eigenvalue weighted by molar-refractivity contribution is 6.14. The Morgan fingerprint density at radius 3 is 0.902 bits per heavy atom. The fourth-order valence-electron chi connectivity index (χ4n) is 17.3. The van der Waals surface area contributed by atoms with Crippen LogP contribution in [0.2, 0.25) is 0 Å². The molecule has 15 heteroatoms. The summed E-state index contributed by atoms with van der Waals surface area (Å²) < 4.78 is 132. The van der Waals surface area contributed by atoms with Crippen molar-refractivity contribution in [3.05, 3.63) is 357 Å². The Bertz CT molecular complexity index is 7630. The van der Waals surface area contributed by atoms with E-state index in [-0.39, 0.29) is 23.0 Å². The van der Waals surface area contributed by atoms with Gasteiger partial charge in [0.25, 0.3) is 0 Å². The topological polar surface area (TPSA) is 68.1 Å². The van der Waals surface area contributed by atoms with Crippen LogP contribution in [-0.2, 0) is 28.2 Å². The molecule has 0 atom stereocenters. The first-order valence-electron chi connectivity index (χ1n) is 40.4. The van der Waals surface area contributed by atoms with Crippen LogP contribution in [0.3, 0.4) is 0 Å². The summed E-state index contributed by atoms with van der Waals surface area (Å²) in [7, 11) is 7.98. The number of pyridine rings is 4. The molecular formula is C107H87F7N4O4+4. The van der Waals surface area contributed by atoms with E-state index in [0.717, 1.165) is 140 Å². The molecule has 0 bridgehead atoms. The van der Waals surface area contributed by atoms with Gasteiger partial charge in [-0.05, 0) is 191 Å². The minimum atomic E-state index is -0.648. The van der Waals surface area contributed by atoms with Crippen LogP contribution >= 0.6 is 0 Å². The van der Waals surface area contributed by atoms with Gasteiger partial charge in [0, 0.05) is 104 Å². The maximum absolute atomic E-state index is 15.0. The smallest absolute Gasteiger partial charge is 0.216 e. The minimum Gasteiger partial charge on any atom is -0.455 e. The fourth-order valence-corrected chi connectivity index (χ4v) is 17.3. The molecule has 0 spiro atoms. The second-order valence-electron chi connectivity index (χ2n) is 32.3. The van der Waals surface area contributed by atoms with Crippen molar-refractivity contribution < 1.29 is 66.7 Å². The molecule has 0 saturated heterocycles. The van der Waals surface area contributed by atoms with Crippen molar-refractivity contribution in [3.8, 4) is 89.5 Å². The Labute approximate surface area is 701 Å². The van der Waals surface area contributed by atoms with Crippen LogP contribution in [0.1, 0.15) is 61.2 Å². The molecule has 0 unspecified atom stereocenters. The Kier molecular flexibility index (Phi) is 21.0. The van der Waals surface area contributed by atoms with E-state index < -0.39 is 23.3 Å². The largest absolute Gasteiger partial charge is 0.455 e. The molecule has 0 amide bonds. The predicted molar refractivity (Wildman–Crippen MR) is 475 cm³/mol. The van der Waals surface area contributed by atoms with E-state index >= 15 is 0 Å². The number of aryl methyl sites for hydroxylation is 15.